The molecule has 1 heteroatoms. The molecule has 0 aromatic heterocycles. The summed E-state index contributed by atoms with van der Waals surface area (Å²) in [5.74, 6) is 1.00. The highest BCUT2D eigenvalue weighted by atomic mass is 14.8. The summed E-state index contributed by atoms with van der Waals surface area (Å²) in [7, 11) is 2.10. The van der Waals surface area contributed by atoms with Crippen LogP contribution in [0.1, 0.15) is 44.9 Å². The van der Waals surface area contributed by atoms with Crippen molar-refractivity contribution in [1.29, 1.82) is 0 Å². The molecular weight excluding hydrogens is 146 g/mol. The molecular formula is C11H21N. The summed E-state index contributed by atoms with van der Waals surface area (Å²) >= 11 is 0. The first-order chi connectivity index (χ1) is 5.87. The molecule has 0 aromatic carbocycles. The van der Waals surface area contributed by atoms with Crippen molar-refractivity contribution in [3.05, 3.63) is 0 Å². The third kappa shape index (κ3) is 1.28. The molecule has 12 heavy (non-hydrogen) atoms. The lowest BCUT2D eigenvalue weighted by molar-refractivity contribution is 0.00840. The number of nitrogens with one attached hydrogen (secondary N) is 1. The molecule has 0 amide bonds. The van der Waals surface area contributed by atoms with Crippen LogP contribution in [0.5, 0.6) is 0 Å². The van der Waals surface area contributed by atoms with Crippen molar-refractivity contribution in [1.82, 2.24) is 5.32 Å². The van der Waals surface area contributed by atoms with Gasteiger partial charge in [0.15, 0.2) is 0 Å². The van der Waals surface area contributed by atoms with Gasteiger partial charge in [-0.15, -0.1) is 0 Å². The summed E-state index contributed by atoms with van der Waals surface area (Å²) in [4.78, 5) is 0. The molecule has 70 valence electrons. The monoisotopic (exact) mass is 167 g/mol. The lowest BCUT2D eigenvalue weighted by Gasteiger charge is -2.51. The average molecular weight is 167 g/mol. The third-order valence-electron chi connectivity index (χ3n) is 4.14. The van der Waals surface area contributed by atoms with Crippen molar-refractivity contribution >= 4 is 0 Å². The first kappa shape index (κ1) is 8.55. The maximum Gasteiger partial charge on any atom is -0.00182 e. The molecule has 1 atom stereocenters. The van der Waals surface area contributed by atoms with Gasteiger partial charge in [0.05, 0.1) is 0 Å². The molecule has 2 fully saturated rings. The molecule has 2 aliphatic rings. The van der Waals surface area contributed by atoms with Crippen molar-refractivity contribution in [2.75, 3.05) is 13.6 Å². The summed E-state index contributed by atoms with van der Waals surface area (Å²) in [5.41, 5.74) is 0.807. The molecule has 2 saturated carbocycles. The van der Waals surface area contributed by atoms with Gasteiger partial charge in [-0.2, -0.15) is 0 Å². The van der Waals surface area contributed by atoms with Crippen LogP contribution in [-0.2, 0) is 0 Å². The lowest BCUT2D eigenvalue weighted by Crippen LogP contribution is -2.43. The minimum Gasteiger partial charge on any atom is -0.319 e. The topological polar surface area (TPSA) is 12.0 Å². The smallest absolute Gasteiger partial charge is 0.00182 e. The van der Waals surface area contributed by atoms with Crippen LogP contribution in [0.3, 0.4) is 0 Å². The van der Waals surface area contributed by atoms with Crippen molar-refractivity contribution in [3.63, 3.8) is 0 Å². The van der Waals surface area contributed by atoms with Crippen LogP contribution in [0.4, 0.5) is 0 Å². The van der Waals surface area contributed by atoms with Crippen LogP contribution >= 0.6 is 0 Å². The number of rotatable bonds is 2. The lowest BCUT2D eigenvalue weighted by atomic mass is 9.55. The molecule has 0 radical (unpaired) electrons. The Morgan fingerprint density at radius 1 is 1.17 bits per heavy atom. The highest BCUT2D eigenvalue weighted by Gasteiger charge is 2.44. The molecule has 0 bridgehead atoms. The van der Waals surface area contributed by atoms with Gasteiger partial charge in [-0.3, -0.25) is 0 Å². The quantitative estimate of drug-likeness (QED) is 0.666. The molecule has 2 rings (SSSR count). The van der Waals surface area contributed by atoms with E-state index in [0.717, 1.165) is 11.3 Å². The van der Waals surface area contributed by atoms with E-state index in [1.54, 1.807) is 0 Å². The van der Waals surface area contributed by atoms with E-state index < -0.39 is 0 Å². The van der Waals surface area contributed by atoms with Gasteiger partial charge in [0.1, 0.15) is 0 Å². The minimum atomic E-state index is 0.807. The van der Waals surface area contributed by atoms with Gasteiger partial charge in [0.25, 0.3) is 0 Å². The second kappa shape index (κ2) is 3.37. The minimum absolute atomic E-state index is 0.807. The van der Waals surface area contributed by atoms with Gasteiger partial charge in [-0.25, -0.2) is 0 Å². The van der Waals surface area contributed by atoms with E-state index >= 15 is 0 Å². The van der Waals surface area contributed by atoms with Crippen molar-refractivity contribution in [2.24, 2.45) is 11.3 Å². The van der Waals surface area contributed by atoms with E-state index in [4.69, 9.17) is 0 Å². The van der Waals surface area contributed by atoms with E-state index in [0.29, 0.717) is 0 Å². The number of hydrogen-bond donors (Lipinski definition) is 1. The van der Waals surface area contributed by atoms with Crippen LogP contribution < -0.4 is 5.32 Å². The van der Waals surface area contributed by atoms with E-state index in [-0.39, 0.29) is 0 Å². The Morgan fingerprint density at radius 2 is 1.92 bits per heavy atom. The largest absolute Gasteiger partial charge is 0.319 e. The van der Waals surface area contributed by atoms with E-state index in [1.807, 2.05) is 0 Å². The zero-order valence-electron chi connectivity index (χ0n) is 8.23. The Kier molecular flexibility index (Phi) is 2.40. The predicted octanol–water partition coefficient (Wildman–Crippen LogP) is 2.57. The van der Waals surface area contributed by atoms with Gasteiger partial charge in [-0.1, -0.05) is 19.3 Å². The maximum atomic E-state index is 3.36. The molecule has 1 unspecified atom stereocenters. The highest BCUT2D eigenvalue weighted by Crippen LogP contribution is 2.54. The molecule has 2 aliphatic carbocycles. The zero-order chi connectivity index (χ0) is 8.44. The first-order valence-corrected chi connectivity index (χ1v) is 5.52. The van der Waals surface area contributed by atoms with E-state index in [9.17, 15) is 0 Å². The van der Waals surface area contributed by atoms with Crippen molar-refractivity contribution in [3.8, 4) is 0 Å². The van der Waals surface area contributed by atoms with Gasteiger partial charge in [0, 0.05) is 0 Å². The molecule has 0 aliphatic heterocycles. The Labute approximate surface area is 75.9 Å². The van der Waals surface area contributed by atoms with Gasteiger partial charge in [0.2, 0.25) is 0 Å². The van der Waals surface area contributed by atoms with Gasteiger partial charge >= 0.3 is 0 Å². The Hall–Kier alpha value is -0.0400. The van der Waals surface area contributed by atoms with Crippen LogP contribution in [0.15, 0.2) is 0 Å². The molecule has 0 heterocycles. The Morgan fingerprint density at radius 3 is 2.50 bits per heavy atom. The van der Waals surface area contributed by atoms with Gasteiger partial charge < -0.3 is 5.32 Å². The Bertz CT molecular complexity index is 147. The van der Waals surface area contributed by atoms with E-state index in [2.05, 4.69) is 12.4 Å². The summed E-state index contributed by atoms with van der Waals surface area (Å²) in [5, 5.41) is 3.36. The fraction of sp³-hybridized carbons (Fsp3) is 1.00. The predicted molar refractivity (Wildman–Crippen MR) is 52.2 cm³/mol. The summed E-state index contributed by atoms with van der Waals surface area (Å²) in [6.07, 6.45) is 10.5. The molecule has 1 N–H and O–H groups in total. The van der Waals surface area contributed by atoms with Crippen LogP contribution in [0.25, 0.3) is 0 Å². The highest BCUT2D eigenvalue weighted by molar-refractivity contribution is 4.96. The fourth-order valence-electron chi connectivity index (χ4n) is 3.23. The SMILES string of the molecule is CNCC1CCCCC12CCC2. The maximum absolute atomic E-state index is 3.36. The van der Waals surface area contributed by atoms with Crippen LogP contribution in [0.2, 0.25) is 0 Å². The normalized spacial score (nSPS) is 33.2. The molecule has 1 nitrogen and oxygen atoms in total. The summed E-state index contributed by atoms with van der Waals surface area (Å²) < 4.78 is 0. The second-order valence-corrected chi connectivity index (χ2v) is 4.72. The van der Waals surface area contributed by atoms with E-state index in [1.165, 1.54) is 51.5 Å². The molecule has 1 spiro atoms. The Balaban J connectivity index is 1.97. The number of hydrogen-bond acceptors (Lipinski definition) is 1. The standard InChI is InChI=1S/C11H21N/c1-12-9-10-5-2-3-6-11(10)7-4-8-11/h10,12H,2-9H2,1H3. The van der Waals surface area contributed by atoms with Crippen molar-refractivity contribution in [2.45, 2.75) is 44.9 Å². The van der Waals surface area contributed by atoms with Crippen molar-refractivity contribution < 1.29 is 0 Å². The van der Waals surface area contributed by atoms with Crippen LogP contribution in [0, 0.1) is 11.3 Å². The second-order valence-electron chi connectivity index (χ2n) is 4.72. The molecule has 0 aromatic rings. The zero-order valence-corrected chi connectivity index (χ0v) is 8.23. The molecule has 0 saturated heterocycles. The third-order valence-corrected chi connectivity index (χ3v) is 4.14. The summed E-state index contributed by atoms with van der Waals surface area (Å²) in [6, 6.07) is 0. The first-order valence-electron chi connectivity index (χ1n) is 5.52. The average Bonchev–Trinajstić information content (AvgIpc) is 2.03. The fourth-order valence-corrected chi connectivity index (χ4v) is 3.23. The van der Waals surface area contributed by atoms with Crippen LogP contribution in [-0.4, -0.2) is 13.6 Å². The van der Waals surface area contributed by atoms with Gasteiger partial charge in [-0.05, 0) is 50.6 Å². The summed E-state index contributed by atoms with van der Waals surface area (Å²) in [6.45, 7) is 1.26.